The van der Waals surface area contributed by atoms with E-state index in [4.69, 9.17) is 0 Å². The summed E-state index contributed by atoms with van der Waals surface area (Å²) in [5.74, 6) is 0.00964. The maximum absolute atomic E-state index is 12.5. The van der Waals surface area contributed by atoms with Gasteiger partial charge in [-0.2, -0.15) is 0 Å². The van der Waals surface area contributed by atoms with Crippen LogP contribution in [0.15, 0.2) is 0 Å². The van der Waals surface area contributed by atoms with E-state index in [0.717, 1.165) is 12.8 Å². The number of nitrogens with one attached hydrogen (secondary N) is 1. The van der Waals surface area contributed by atoms with Crippen molar-refractivity contribution in [1.29, 1.82) is 0 Å². The van der Waals surface area contributed by atoms with Gasteiger partial charge >= 0.3 is 0 Å². The molecule has 0 spiro atoms. The first kappa shape index (κ1) is 14.4. The normalized spacial score (nSPS) is 30.1. The molecular formula is C15H26N2O2. The molecule has 0 radical (unpaired) electrons. The Morgan fingerprint density at radius 2 is 1.74 bits per heavy atom. The lowest BCUT2D eigenvalue weighted by atomic mass is 9.75. The summed E-state index contributed by atoms with van der Waals surface area (Å²) in [5, 5.41) is 2.80. The summed E-state index contributed by atoms with van der Waals surface area (Å²) in [6.07, 6.45) is 6.09. The van der Waals surface area contributed by atoms with Gasteiger partial charge in [0, 0.05) is 6.54 Å². The summed E-state index contributed by atoms with van der Waals surface area (Å²) >= 11 is 0. The molecular weight excluding hydrogens is 240 g/mol. The van der Waals surface area contributed by atoms with Crippen molar-refractivity contribution in [1.82, 2.24) is 10.2 Å². The molecule has 2 aliphatic rings. The van der Waals surface area contributed by atoms with E-state index in [0.29, 0.717) is 6.54 Å². The molecule has 4 nitrogen and oxygen atoms in total. The second kappa shape index (κ2) is 4.80. The predicted octanol–water partition coefficient (Wildman–Crippen LogP) is 2.08. The third-order valence-electron chi connectivity index (χ3n) is 4.69. The minimum Gasteiger partial charge on any atom is -0.340 e. The number of hydrogen-bond donors (Lipinski definition) is 1. The molecule has 108 valence electrons. The van der Waals surface area contributed by atoms with Crippen LogP contribution in [0.1, 0.15) is 59.8 Å². The molecule has 0 aromatic carbocycles. The lowest BCUT2D eigenvalue weighted by Gasteiger charge is -2.46. The van der Waals surface area contributed by atoms with Gasteiger partial charge in [-0.25, -0.2) is 0 Å². The predicted molar refractivity (Wildman–Crippen MR) is 74.6 cm³/mol. The van der Waals surface area contributed by atoms with Crippen molar-refractivity contribution in [2.24, 2.45) is 5.41 Å². The average molecular weight is 266 g/mol. The highest BCUT2D eigenvalue weighted by molar-refractivity contribution is 5.99. The number of hydrogen-bond acceptors (Lipinski definition) is 2. The smallest absolute Gasteiger partial charge is 0.248 e. The molecule has 0 bridgehead atoms. The Kier molecular flexibility index (Phi) is 3.63. The quantitative estimate of drug-likeness (QED) is 0.832. The number of amides is 2. The summed E-state index contributed by atoms with van der Waals surface area (Å²) in [5.41, 5.74) is -0.593. The Morgan fingerprint density at radius 3 is 2.32 bits per heavy atom. The number of carbonyl (C=O) groups is 2. The van der Waals surface area contributed by atoms with Crippen molar-refractivity contribution in [3.05, 3.63) is 0 Å². The van der Waals surface area contributed by atoms with Gasteiger partial charge < -0.3 is 10.2 Å². The fourth-order valence-electron chi connectivity index (χ4n) is 3.33. The highest BCUT2D eigenvalue weighted by atomic mass is 16.2. The van der Waals surface area contributed by atoms with E-state index in [9.17, 15) is 9.59 Å². The maximum Gasteiger partial charge on any atom is 0.248 e. The van der Waals surface area contributed by atoms with Crippen molar-refractivity contribution >= 4 is 11.8 Å². The first-order valence-corrected chi connectivity index (χ1v) is 7.38. The van der Waals surface area contributed by atoms with E-state index >= 15 is 0 Å². The van der Waals surface area contributed by atoms with E-state index in [1.54, 1.807) is 18.7 Å². The van der Waals surface area contributed by atoms with Gasteiger partial charge in [0.1, 0.15) is 11.6 Å². The fraction of sp³-hybridized carbons (Fsp3) is 0.867. The number of carbonyl (C=O) groups excluding carboxylic acids is 2. The summed E-state index contributed by atoms with van der Waals surface area (Å²) in [4.78, 5) is 26.3. The van der Waals surface area contributed by atoms with Crippen LogP contribution < -0.4 is 5.32 Å². The highest BCUT2D eigenvalue weighted by Crippen LogP contribution is 2.37. The van der Waals surface area contributed by atoms with Gasteiger partial charge in [-0.3, -0.25) is 9.59 Å². The third kappa shape index (κ3) is 2.77. The van der Waals surface area contributed by atoms with Gasteiger partial charge in [0.15, 0.2) is 0 Å². The second-order valence-electron chi connectivity index (χ2n) is 7.09. The zero-order valence-corrected chi connectivity index (χ0v) is 12.6. The Labute approximate surface area is 115 Å². The van der Waals surface area contributed by atoms with Crippen molar-refractivity contribution in [2.75, 3.05) is 6.54 Å². The molecule has 1 atom stereocenters. The van der Waals surface area contributed by atoms with E-state index in [-0.39, 0.29) is 23.3 Å². The molecule has 0 aromatic rings. The van der Waals surface area contributed by atoms with Crippen LogP contribution in [0.2, 0.25) is 0 Å². The van der Waals surface area contributed by atoms with Crippen molar-refractivity contribution < 1.29 is 9.59 Å². The molecule has 1 aliphatic heterocycles. The monoisotopic (exact) mass is 266 g/mol. The molecule has 4 heteroatoms. The summed E-state index contributed by atoms with van der Waals surface area (Å²) in [7, 11) is 0. The van der Waals surface area contributed by atoms with Crippen LogP contribution >= 0.6 is 0 Å². The van der Waals surface area contributed by atoms with Crippen molar-refractivity contribution in [3.63, 3.8) is 0 Å². The molecule has 1 N–H and O–H groups in total. The summed E-state index contributed by atoms with van der Waals surface area (Å²) in [6.45, 7) is 8.37. The lowest BCUT2D eigenvalue weighted by Crippen LogP contribution is -2.68. The Bertz CT molecular complexity index is 384. The van der Waals surface area contributed by atoms with E-state index in [1.807, 2.05) is 6.92 Å². The van der Waals surface area contributed by atoms with Gasteiger partial charge in [0.2, 0.25) is 11.8 Å². The number of nitrogens with zero attached hydrogens (tertiary/aromatic N) is 1. The molecule has 2 rings (SSSR count). The maximum atomic E-state index is 12.5. The van der Waals surface area contributed by atoms with Crippen molar-refractivity contribution in [2.45, 2.75) is 71.4 Å². The van der Waals surface area contributed by atoms with Crippen LogP contribution in [0.3, 0.4) is 0 Å². The minimum absolute atomic E-state index is 0.0380. The van der Waals surface area contributed by atoms with Gasteiger partial charge in [-0.1, -0.05) is 26.2 Å². The fourth-order valence-corrected chi connectivity index (χ4v) is 3.33. The molecule has 2 fully saturated rings. The first-order valence-electron chi connectivity index (χ1n) is 7.38. The SMILES string of the molecule is CC1C(=O)NC(C)(C)C(=O)N1CC1(C)CCCCC1. The first-order chi connectivity index (χ1) is 8.75. The zero-order valence-electron chi connectivity index (χ0n) is 12.6. The molecule has 1 aliphatic carbocycles. The van der Waals surface area contributed by atoms with E-state index in [1.165, 1.54) is 19.3 Å². The minimum atomic E-state index is -0.769. The van der Waals surface area contributed by atoms with Crippen LogP contribution in [-0.4, -0.2) is 34.8 Å². The van der Waals surface area contributed by atoms with Crippen molar-refractivity contribution in [3.8, 4) is 0 Å². The highest BCUT2D eigenvalue weighted by Gasteiger charge is 2.45. The van der Waals surface area contributed by atoms with Gasteiger partial charge in [0.05, 0.1) is 0 Å². The summed E-state index contributed by atoms with van der Waals surface area (Å²) in [6, 6.07) is -0.348. The number of piperazine rings is 1. The number of rotatable bonds is 2. The van der Waals surface area contributed by atoms with Crippen LogP contribution in [0.4, 0.5) is 0 Å². The van der Waals surface area contributed by atoms with Gasteiger partial charge in [-0.15, -0.1) is 0 Å². The Hall–Kier alpha value is -1.06. The molecule has 19 heavy (non-hydrogen) atoms. The second-order valence-corrected chi connectivity index (χ2v) is 7.09. The standard InChI is InChI=1S/C15H26N2O2/c1-11-12(18)16-14(2,3)13(19)17(11)10-15(4)8-6-5-7-9-15/h11H,5-10H2,1-4H3,(H,16,18). The van der Waals surface area contributed by atoms with Crippen LogP contribution in [0.5, 0.6) is 0 Å². The molecule has 0 aromatic heterocycles. The molecule has 1 saturated heterocycles. The topological polar surface area (TPSA) is 49.4 Å². The van der Waals surface area contributed by atoms with E-state index in [2.05, 4.69) is 12.2 Å². The Morgan fingerprint density at radius 1 is 1.16 bits per heavy atom. The summed E-state index contributed by atoms with van der Waals surface area (Å²) < 4.78 is 0. The van der Waals surface area contributed by atoms with Crippen LogP contribution in [0, 0.1) is 5.41 Å². The van der Waals surface area contributed by atoms with Crippen LogP contribution in [0.25, 0.3) is 0 Å². The lowest BCUT2D eigenvalue weighted by molar-refractivity contribution is -0.154. The van der Waals surface area contributed by atoms with Gasteiger partial charge in [0.25, 0.3) is 0 Å². The van der Waals surface area contributed by atoms with Gasteiger partial charge in [-0.05, 0) is 39.0 Å². The average Bonchev–Trinajstić information content (AvgIpc) is 2.33. The zero-order chi connectivity index (χ0) is 14.3. The van der Waals surface area contributed by atoms with E-state index < -0.39 is 5.54 Å². The molecule has 2 amide bonds. The molecule has 1 unspecified atom stereocenters. The Balaban J connectivity index is 2.16. The largest absolute Gasteiger partial charge is 0.340 e. The molecule has 1 saturated carbocycles. The third-order valence-corrected chi connectivity index (χ3v) is 4.69. The molecule has 1 heterocycles. The van der Waals surface area contributed by atoms with Crippen LogP contribution in [-0.2, 0) is 9.59 Å².